The molecule has 56 valence electrons. The second-order valence-corrected chi connectivity index (χ2v) is 6.17. The van der Waals surface area contributed by atoms with Crippen LogP contribution in [0.4, 0.5) is 0 Å². The van der Waals surface area contributed by atoms with E-state index in [1.807, 2.05) is 0 Å². The maximum absolute atomic E-state index is 5.01. The summed E-state index contributed by atoms with van der Waals surface area (Å²) < 4.78 is 0.894. The Morgan fingerprint density at radius 1 is 1.50 bits per heavy atom. The van der Waals surface area contributed by atoms with Crippen LogP contribution >= 0.6 is 68.0 Å². The normalized spacial score (nSPS) is 10.2. The zero-order chi connectivity index (χ0) is 7.56. The summed E-state index contributed by atoms with van der Waals surface area (Å²) in [6.07, 6.45) is 0. The lowest BCUT2D eigenvalue weighted by atomic mass is 10.6. The molecular weight excluding hydrogens is 240 g/mol. The van der Waals surface area contributed by atoms with E-state index in [0.717, 1.165) is 14.5 Å². The van der Waals surface area contributed by atoms with E-state index in [4.69, 9.17) is 12.2 Å². The molecule has 0 N–H and O–H groups in total. The summed E-state index contributed by atoms with van der Waals surface area (Å²) in [4.78, 5) is 2.20. The van der Waals surface area contributed by atoms with E-state index in [9.17, 15) is 0 Å². The molecule has 0 radical (unpaired) electrons. The fourth-order valence-corrected chi connectivity index (χ4v) is 5.12. The van der Waals surface area contributed by atoms with Crippen LogP contribution < -0.4 is 0 Å². The van der Waals surface area contributed by atoms with Gasteiger partial charge in [-0.2, -0.15) is 0 Å². The van der Waals surface area contributed by atoms with Crippen molar-refractivity contribution in [3.8, 4) is 0 Å². The van der Waals surface area contributed by atoms with Crippen LogP contribution in [0.5, 0.6) is 0 Å². The average molecular weight is 244 g/mol. The summed E-state index contributed by atoms with van der Waals surface area (Å²) in [5.41, 5.74) is 0. The van der Waals surface area contributed by atoms with E-state index < -0.39 is 0 Å². The third-order valence-corrected chi connectivity index (χ3v) is 5.92. The molecule has 1 aromatic rings. The molecule has 0 aromatic carbocycles. The summed E-state index contributed by atoms with van der Waals surface area (Å²) >= 11 is 13.3. The van der Waals surface area contributed by atoms with Crippen molar-refractivity contribution in [1.82, 2.24) is 0 Å². The maximum Gasteiger partial charge on any atom is 0.115 e. The molecule has 0 aliphatic rings. The smallest absolute Gasteiger partial charge is 0.115 e. The Balaban J connectivity index is 2.94. The highest BCUT2D eigenvalue weighted by Crippen LogP contribution is 2.31. The monoisotopic (exact) mass is 244 g/mol. The zero-order valence-electron chi connectivity index (χ0n) is 4.73. The highest BCUT2D eigenvalue weighted by molar-refractivity contribution is 8.68. The van der Waals surface area contributed by atoms with Crippen LogP contribution in [-0.4, -0.2) is 0 Å². The Morgan fingerprint density at radius 2 is 2.20 bits per heavy atom. The van der Waals surface area contributed by atoms with Gasteiger partial charge in [0.05, 0.1) is 0 Å². The molecule has 0 bridgehead atoms. The van der Waals surface area contributed by atoms with Gasteiger partial charge in [-0.05, 0) is 0 Å². The molecule has 1 heterocycles. The summed E-state index contributed by atoms with van der Waals surface area (Å²) in [7, 11) is 4.79. The molecule has 0 fully saturated rings. The Morgan fingerprint density at radius 3 is 2.60 bits per heavy atom. The topological polar surface area (TPSA) is 0 Å². The first-order chi connectivity index (χ1) is 4.75. The predicted octanol–water partition coefficient (Wildman–Crippen LogP) is 3.91. The predicted molar refractivity (Wildman–Crippen MR) is 60.6 cm³/mol. The molecule has 0 aliphatic heterocycles. The molecule has 1 aromatic heterocycles. The van der Waals surface area contributed by atoms with Crippen LogP contribution in [0.15, 0.2) is 4.90 Å². The molecule has 0 amide bonds. The quantitative estimate of drug-likeness (QED) is 0.460. The first-order valence-electron chi connectivity index (χ1n) is 2.33. The van der Waals surface area contributed by atoms with E-state index in [2.05, 4.69) is 24.3 Å². The van der Waals surface area contributed by atoms with Crippen molar-refractivity contribution in [3.63, 3.8) is 0 Å². The first-order valence-corrected chi connectivity index (χ1v) is 7.37. The van der Waals surface area contributed by atoms with Crippen LogP contribution in [-0.2, 0) is 5.75 Å². The molecule has 1 rings (SSSR count). The maximum atomic E-state index is 5.01. The lowest BCUT2D eigenvalue weighted by Gasteiger charge is -1.89. The highest BCUT2D eigenvalue weighted by atomic mass is 33.1. The number of hydrogen-bond acceptors (Lipinski definition) is 6. The van der Waals surface area contributed by atoms with Gasteiger partial charge in [0.1, 0.15) is 3.82 Å². The van der Waals surface area contributed by atoms with Crippen molar-refractivity contribution < 1.29 is 0 Å². The van der Waals surface area contributed by atoms with Crippen molar-refractivity contribution >= 4 is 68.0 Å². The van der Waals surface area contributed by atoms with Gasteiger partial charge < -0.3 is 0 Å². The van der Waals surface area contributed by atoms with Gasteiger partial charge in [-0.25, -0.2) is 0 Å². The molecule has 0 aliphatic carbocycles. The van der Waals surface area contributed by atoms with Crippen LogP contribution in [0.1, 0.15) is 4.88 Å². The number of thiol groups is 2. The number of rotatable bonds is 2. The third-order valence-electron chi connectivity index (χ3n) is 0.871. The molecule has 0 spiro atoms. The zero-order valence-corrected chi connectivity index (χ0v) is 9.79. The summed E-state index contributed by atoms with van der Waals surface area (Å²) in [5.74, 6) is 0.903. The fourth-order valence-electron chi connectivity index (χ4n) is 0.432. The van der Waals surface area contributed by atoms with Crippen LogP contribution in [0, 0.1) is 3.82 Å². The molecular formula is C4H4S6. The van der Waals surface area contributed by atoms with Crippen molar-refractivity contribution in [2.75, 3.05) is 0 Å². The molecule has 0 saturated heterocycles. The fraction of sp³-hybridized carbons (Fsp3) is 0.250. The van der Waals surface area contributed by atoms with E-state index >= 15 is 0 Å². The van der Waals surface area contributed by atoms with Gasteiger partial charge in [-0.15, -0.1) is 24.3 Å². The highest BCUT2D eigenvalue weighted by Gasteiger charge is 2.02. The van der Waals surface area contributed by atoms with Gasteiger partial charge in [0, 0.05) is 15.5 Å². The lowest BCUT2D eigenvalue weighted by Crippen LogP contribution is -1.69. The molecule has 0 atom stereocenters. The van der Waals surface area contributed by atoms with E-state index in [1.165, 1.54) is 15.7 Å². The van der Waals surface area contributed by atoms with Gasteiger partial charge in [-0.3, -0.25) is 0 Å². The van der Waals surface area contributed by atoms with Crippen molar-refractivity contribution in [1.29, 1.82) is 0 Å². The summed E-state index contributed by atoms with van der Waals surface area (Å²) in [6.45, 7) is 0. The van der Waals surface area contributed by atoms with Crippen molar-refractivity contribution in [2.24, 2.45) is 0 Å². The minimum Gasteiger partial charge on any atom is -0.140 e. The lowest BCUT2D eigenvalue weighted by molar-refractivity contribution is 1.39. The van der Waals surface area contributed by atoms with Gasteiger partial charge in [-0.1, -0.05) is 43.7 Å². The van der Waals surface area contributed by atoms with Crippen LogP contribution in [0.3, 0.4) is 0 Å². The van der Waals surface area contributed by atoms with E-state index in [0.29, 0.717) is 0 Å². The molecule has 0 saturated carbocycles. The van der Waals surface area contributed by atoms with Gasteiger partial charge in [0.15, 0.2) is 0 Å². The molecule has 6 heteroatoms. The third kappa shape index (κ3) is 2.15. The Hall–Kier alpha value is 1.32. The van der Waals surface area contributed by atoms with Crippen molar-refractivity contribution in [2.45, 2.75) is 10.6 Å². The first kappa shape index (κ1) is 9.41. The summed E-state index contributed by atoms with van der Waals surface area (Å²) in [6, 6.07) is 0. The molecule has 10 heavy (non-hydrogen) atoms. The second kappa shape index (κ2) is 4.37. The SMILES string of the molecule is S=c1ssc(CSS)c1S. The van der Waals surface area contributed by atoms with Gasteiger partial charge in [0.25, 0.3) is 0 Å². The minimum absolute atomic E-state index is 0.894. The largest absolute Gasteiger partial charge is 0.140 e. The molecule has 0 unspecified atom stereocenters. The Bertz CT molecular complexity index is 257. The van der Waals surface area contributed by atoms with Crippen LogP contribution in [0.25, 0.3) is 0 Å². The Kier molecular flexibility index (Phi) is 4.11. The van der Waals surface area contributed by atoms with Crippen LogP contribution in [0.2, 0.25) is 0 Å². The van der Waals surface area contributed by atoms with E-state index in [-0.39, 0.29) is 0 Å². The number of hydrogen-bond donors (Lipinski definition) is 2. The van der Waals surface area contributed by atoms with Gasteiger partial charge in [0.2, 0.25) is 0 Å². The standard InChI is InChI=1S/C4H4S6/c5-3-2(1-8-7)9-10-4(3)6/h5,7H,1H2. The van der Waals surface area contributed by atoms with Crippen molar-refractivity contribution in [3.05, 3.63) is 8.70 Å². The summed E-state index contributed by atoms with van der Waals surface area (Å²) in [5, 5.41) is 0. The van der Waals surface area contributed by atoms with E-state index in [1.54, 1.807) is 20.7 Å². The van der Waals surface area contributed by atoms with Gasteiger partial charge >= 0.3 is 0 Å². The Labute approximate surface area is 86.7 Å². The minimum atomic E-state index is 0.894. The average Bonchev–Trinajstić information content (AvgIpc) is 2.20. The molecule has 0 nitrogen and oxygen atoms in total. The second-order valence-electron chi connectivity index (χ2n) is 1.50.